The van der Waals surface area contributed by atoms with Crippen molar-refractivity contribution in [2.45, 2.75) is 59.0 Å². The van der Waals surface area contributed by atoms with Crippen molar-refractivity contribution in [3.8, 4) is 0 Å². The van der Waals surface area contributed by atoms with Gasteiger partial charge in [-0.25, -0.2) is 4.68 Å². The van der Waals surface area contributed by atoms with Gasteiger partial charge in [0.1, 0.15) is 11.7 Å². The van der Waals surface area contributed by atoms with E-state index in [1.807, 2.05) is 20.8 Å². The van der Waals surface area contributed by atoms with Gasteiger partial charge in [0.05, 0.1) is 12.7 Å². The second kappa shape index (κ2) is 6.83. The quantitative estimate of drug-likeness (QED) is 0.793. The molecule has 0 radical (unpaired) electrons. The van der Waals surface area contributed by atoms with Gasteiger partial charge < -0.3 is 5.32 Å². The number of aromatic nitrogens is 3. The Labute approximate surface area is 125 Å². The van der Waals surface area contributed by atoms with Gasteiger partial charge in [-0.05, 0) is 32.6 Å². The summed E-state index contributed by atoms with van der Waals surface area (Å²) in [7, 11) is 0. The van der Waals surface area contributed by atoms with Gasteiger partial charge in [0.25, 0.3) is 0 Å². The third-order valence-electron chi connectivity index (χ3n) is 4.15. The molecule has 6 heteroatoms. The Hall–Kier alpha value is -1.72. The number of hydrogen-bond donors (Lipinski definition) is 1. The maximum absolute atomic E-state index is 12.0. The molecule has 0 unspecified atom stereocenters. The molecule has 1 amide bonds. The summed E-state index contributed by atoms with van der Waals surface area (Å²) in [6.07, 6.45) is 5.41. The summed E-state index contributed by atoms with van der Waals surface area (Å²) in [6.45, 7) is 6.23. The Morgan fingerprint density at radius 2 is 2.05 bits per heavy atom. The lowest BCUT2D eigenvalue weighted by atomic mass is 10.0. The summed E-state index contributed by atoms with van der Waals surface area (Å²) >= 11 is 0. The molecule has 1 N–H and O–H groups in total. The van der Waals surface area contributed by atoms with E-state index >= 15 is 0 Å². The summed E-state index contributed by atoms with van der Waals surface area (Å²) in [4.78, 5) is 23.9. The van der Waals surface area contributed by atoms with Crippen molar-refractivity contribution in [3.05, 3.63) is 11.9 Å². The Morgan fingerprint density at radius 1 is 1.38 bits per heavy atom. The van der Waals surface area contributed by atoms with E-state index < -0.39 is 0 Å². The first-order valence-electron chi connectivity index (χ1n) is 7.78. The number of carbonyl (C=O) groups excluding carboxylic acids is 2. The van der Waals surface area contributed by atoms with Crippen LogP contribution in [0.25, 0.3) is 0 Å². The SMILES string of the molecule is CCC(CC)C(=O)NCc1cn([C@@H](C)C(=O)C2CC2)nn1. The van der Waals surface area contributed by atoms with Crippen molar-refractivity contribution >= 4 is 11.7 Å². The molecular weight excluding hydrogens is 268 g/mol. The van der Waals surface area contributed by atoms with Gasteiger partial charge >= 0.3 is 0 Å². The van der Waals surface area contributed by atoms with Gasteiger partial charge in [0, 0.05) is 11.8 Å². The van der Waals surface area contributed by atoms with Crippen LogP contribution in [0.5, 0.6) is 0 Å². The van der Waals surface area contributed by atoms with E-state index in [-0.39, 0.29) is 29.6 Å². The smallest absolute Gasteiger partial charge is 0.223 e. The van der Waals surface area contributed by atoms with E-state index in [0.29, 0.717) is 12.2 Å². The standard InChI is InChI=1S/C15H24N4O2/c1-4-11(5-2)15(21)16-8-13-9-19(18-17-13)10(3)14(20)12-6-7-12/h9-12H,4-8H2,1-3H3,(H,16,21)/t10-/m0/s1. The average molecular weight is 292 g/mol. The van der Waals surface area contributed by atoms with Crippen molar-refractivity contribution in [2.75, 3.05) is 0 Å². The number of amides is 1. The van der Waals surface area contributed by atoms with E-state index in [4.69, 9.17) is 0 Å². The molecule has 6 nitrogen and oxygen atoms in total. The number of hydrogen-bond acceptors (Lipinski definition) is 4. The molecule has 0 spiro atoms. The van der Waals surface area contributed by atoms with E-state index in [0.717, 1.165) is 25.7 Å². The largest absolute Gasteiger partial charge is 0.350 e. The van der Waals surface area contributed by atoms with Crippen molar-refractivity contribution < 1.29 is 9.59 Å². The first-order valence-corrected chi connectivity index (χ1v) is 7.78. The van der Waals surface area contributed by atoms with Crippen molar-refractivity contribution in [1.29, 1.82) is 0 Å². The molecule has 0 aromatic carbocycles. The molecule has 1 fully saturated rings. The Bertz CT molecular complexity index is 504. The Kier molecular flexibility index (Phi) is 5.09. The van der Waals surface area contributed by atoms with E-state index in [9.17, 15) is 9.59 Å². The lowest BCUT2D eigenvalue weighted by Gasteiger charge is -2.11. The zero-order valence-corrected chi connectivity index (χ0v) is 13.0. The normalized spacial score (nSPS) is 16.0. The van der Waals surface area contributed by atoms with Crippen molar-refractivity contribution in [2.24, 2.45) is 11.8 Å². The highest BCUT2D eigenvalue weighted by molar-refractivity contribution is 5.86. The first kappa shape index (κ1) is 15.7. The van der Waals surface area contributed by atoms with Crippen LogP contribution in [0, 0.1) is 11.8 Å². The Morgan fingerprint density at radius 3 is 2.62 bits per heavy atom. The highest BCUT2D eigenvalue weighted by Crippen LogP contribution is 2.33. The van der Waals surface area contributed by atoms with Gasteiger partial charge in [-0.1, -0.05) is 19.1 Å². The first-order chi connectivity index (χ1) is 10.1. The van der Waals surface area contributed by atoms with Gasteiger partial charge in [-0.2, -0.15) is 0 Å². The fraction of sp³-hybridized carbons (Fsp3) is 0.733. The van der Waals surface area contributed by atoms with Crippen molar-refractivity contribution in [1.82, 2.24) is 20.3 Å². The average Bonchev–Trinajstić information content (AvgIpc) is 3.23. The Balaban J connectivity index is 1.88. The number of nitrogens with zero attached hydrogens (tertiary/aromatic N) is 3. The lowest BCUT2D eigenvalue weighted by Crippen LogP contribution is -2.29. The molecule has 1 aromatic rings. The van der Waals surface area contributed by atoms with Crippen LogP contribution in [0.1, 0.15) is 58.2 Å². The van der Waals surface area contributed by atoms with Crippen LogP contribution in [0.3, 0.4) is 0 Å². The molecule has 21 heavy (non-hydrogen) atoms. The number of nitrogens with one attached hydrogen (secondary N) is 1. The second-order valence-electron chi connectivity index (χ2n) is 5.77. The zero-order chi connectivity index (χ0) is 15.4. The molecular formula is C15H24N4O2. The number of ketones is 1. The number of carbonyl (C=O) groups is 2. The van der Waals surface area contributed by atoms with E-state index in [1.165, 1.54) is 0 Å². The number of rotatable bonds is 8. The monoisotopic (exact) mass is 292 g/mol. The highest BCUT2D eigenvalue weighted by Gasteiger charge is 2.33. The van der Waals surface area contributed by atoms with Gasteiger partial charge in [-0.3, -0.25) is 9.59 Å². The minimum atomic E-state index is -0.270. The van der Waals surface area contributed by atoms with Crippen LogP contribution in [-0.4, -0.2) is 26.7 Å². The van der Waals surface area contributed by atoms with E-state index in [2.05, 4.69) is 15.6 Å². The minimum Gasteiger partial charge on any atom is -0.350 e. The molecule has 0 aliphatic heterocycles. The van der Waals surface area contributed by atoms with Crippen LogP contribution in [0.15, 0.2) is 6.20 Å². The summed E-state index contributed by atoms with van der Waals surface area (Å²) in [6, 6.07) is -0.270. The number of Topliss-reactive ketones (excluding diaryl/α,β-unsaturated/α-hetero) is 1. The summed E-state index contributed by atoms with van der Waals surface area (Å²) in [5.41, 5.74) is 0.685. The maximum atomic E-state index is 12.0. The molecule has 1 atom stereocenters. The molecule has 116 valence electrons. The topological polar surface area (TPSA) is 76.9 Å². The van der Waals surface area contributed by atoms with Gasteiger partial charge in [-0.15, -0.1) is 5.10 Å². The van der Waals surface area contributed by atoms with Crippen LogP contribution in [-0.2, 0) is 16.1 Å². The minimum absolute atomic E-state index is 0.0513. The lowest BCUT2D eigenvalue weighted by molar-refractivity contribution is -0.125. The molecule has 1 heterocycles. The predicted octanol–water partition coefficient (Wildman–Crippen LogP) is 1.87. The fourth-order valence-electron chi connectivity index (χ4n) is 2.40. The molecule has 0 saturated heterocycles. The molecule has 2 rings (SSSR count). The van der Waals surface area contributed by atoms with Crippen LogP contribution >= 0.6 is 0 Å². The summed E-state index contributed by atoms with van der Waals surface area (Å²) < 4.78 is 1.60. The molecule has 1 aliphatic rings. The molecule has 1 aliphatic carbocycles. The van der Waals surface area contributed by atoms with Gasteiger partial charge in [0.15, 0.2) is 5.78 Å². The second-order valence-corrected chi connectivity index (χ2v) is 5.77. The van der Waals surface area contributed by atoms with Crippen molar-refractivity contribution in [3.63, 3.8) is 0 Å². The van der Waals surface area contributed by atoms with Crippen LogP contribution in [0.4, 0.5) is 0 Å². The summed E-state index contributed by atoms with van der Waals surface area (Å²) in [5, 5.41) is 10.9. The third-order valence-corrected chi connectivity index (χ3v) is 4.15. The van der Waals surface area contributed by atoms with Crippen LogP contribution < -0.4 is 5.32 Å². The van der Waals surface area contributed by atoms with E-state index in [1.54, 1.807) is 10.9 Å². The van der Waals surface area contributed by atoms with Gasteiger partial charge in [0.2, 0.25) is 5.91 Å². The predicted molar refractivity (Wildman–Crippen MR) is 78.4 cm³/mol. The maximum Gasteiger partial charge on any atom is 0.223 e. The fourth-order valence-corrected chi connectivity index (χ4v) is 2.40. The zero-order valence-electron chi connectivity index (χ0n) is 13.0. The molecule has 1 aromatic heterocycles. The molecule has 0 bridgehead atoms. The molecule has 1 saturated carbocycles. The van der Waals surface area contributed by atoms with Crippen LogP contribution in [0.2, 0.25) is 0 Å². The summed E-state index contributed by atoms with van der Waals surface area (Å²) in [5.74, 6) is 0.543. The third kappa shape index (κ3) is 3.89. The highest BCUT2D eigenvalue weighted by atomic mass is 16.2.